The van der Waals surface area contributed by atoms with E-state index in [2.05, 4.69) is 19.9 Å². The summed E-state index contributed by atoms with van der Waals surface area (Å²) in [6.45, 7) is 10.1. The third-order valence-corrected chi connectivity index (χ3v) is 6.52. The highest BCUT2D eigenvalue weighted by Crippen LogP contribution is 2.26. The van der Waals surface area contributed by atoms with Gasteiger partial charge in [-0.3, -0.25) is 4.79 Å². The highest BCUT2D eigenvalue weighted by Gasteiger charge is 2.12. The minimum absolute atomic E-state index is 0.0254. The van der Waals surface area contributed by atoms with Crippen LogP contribution in [0.3, 0.4) is 0 Å². The molecule has 0 aromatic carbocycles. The number of rotatable bonds is 5. The Labute approximate surface area is 155 Å². The Balaban J connectivity index is 1.65. The Hall–Kier alpha value is -1.73. The van der Waals surface area contributed by atoms with E-state index >= 15 is 0 Å². The van der Waals surface area contributed by atoms with Crippen LogP contribution in [0.2, 0.25) is 0 Å². The number of aryl methyl sites for hydroxylation is 5. The number of aromatic nitrogens is 4. The van der Waals surface area contributed by atoms with Crippen molar-refractivity contribution in [2.75, 3.05) is 5.75 Å². The number of thiophene rings is 1. The first-order chi connectivity index (χ1) is 11.9. The molecule has 0 aliphatic heterocycles. The average Bonchev–Trinajstić information content (AvgIpc) is 2.84. The van der Waals surface area contributed by atoms with Crippen molar-refractivity contribution in [2.24, 2.45) is 0 Å². The fourth-order valence-electron chi connectivity index (χ4n) is 2.63. The number of thioether (sulfide) groups is 1. The van der Waals surface area contributed by atoms with Crippen LogP contribution in [-0.4, -0.2) is 25.7 Å². The van der Waals surface area contributed by atoms with Crippen LogP contribution in [0.1, 0.15) is 39.6 Å². The molecule has 25 heavy (non-hydrogen) atoms. The molecule has 0 fully saturated rings. The summed E-state index contributed by atoms with van der Waals surface area (Å²) < 4.78 is 0. The van der Waals surface area contributed by atoms with Gasteiger partial charge in [-0.25, -0.2) is 15.0 Å². The Morgan fingerprint density at radius 3 is 2.36 bits per heavy atom. The summed E-state index contributed by atoms with van der Waals surface area (Å²) in [5.74, 6) is 1.66. The van der Waals surface area contributed by atoms with Gasteiger partial charge in [0.2, 0.25) is 0 Å². The van der Waals surface area contributed by atoms with Crippen LogP contribution < -0.4 is 5.56 Å². The molecule has 0 radical (unpaired) electrons. The van der Waals surface area contributed by atoms with Gasteiger partial charge < -0.3 is 4.98 Å². The fraction of sp³-hybridized carbons (Fsp3) is 0.444. The van der Waals surface area contributed by atoms with Gasteiger partial charge in [-0.2, -0.15) is 0 Å². The van der Waals surface area contributed by atoms with Crippen LogP contribution in [0.15, 0.2) is 9.95 Å². The summed E-state index contributed by atoms with van der Waals surface area (Å²) in [6.07, 6.45) is 1.66. The van der Waals surface area contributed by atoms with Crippen molar-refractivity contribution >= 4 is 33.3 Å². The van der Waals surface area contributed by atoms with Crippen molar-refractivity contribution in [2.45, 2.75) is 52.6 Å². The molecule has 3 rings (SSSR count). The van der Waals surface area contributed by atoms with Crippen molar-refractivity contribution in [3.05, 3.63) is 43.6 Å². The zero-order chi connectivity index (χ0) is 18.1. The number of hydrogen-bond donors (Lipinski definition) is 1. The van der Waals surface area contributed by atoms with Crippen molar-refractivity contribution in [1.82, 2.24) is 19.9 Å². The molecule has 0 saturated carbocycles. The maximum absolute atomic E-state index is 12.3. The van der Waals surface area contributed by atoms with Gasteiger partial charge in [0.15, 0.2) is 5.16 Å². The first kappa shape index (κ1) is 18.1. The highest BCUT2D eigenvalue weighted by atomic mass is 32.2. The van der Waals surface area contributed by atoms with Gasteiger partial charge in [-0.05, 0) is 52.2 Å². The van der Waals surface area contributed by atoms with Crippen LogP contribution in [0.4, 0.5) is 0 Å². The maximum atomic E-state index is 12.3. The SMILES string of the molecule is Cc1nc(SCCCc2nc3sc(C)c(C)c3c(=O)[nH]2)nc(C)c1C. The molecule has 0 amide bonds. The second-order valence-electron chi connectivity index (χ2n) is 6.23. The quantitative estimate of drug-likeness (QED) is 0.414. The molecule has 0 atom stereocenters. The Bertz CT molecular complexity index is 968. The summed E-state index contributed by atoms with van der Waals surface area (Å²) in [7, 11) is 0. The van der Waals surface area contributed by atoms with Crippen molar-refractivity contribution in [3.63, 3.8) is 0 Å². The van der Waals surface area contributed by atoms with E-state index in [4.69, 9.17) is 0 Å². The summed E-state index contributed by atoms with van der Waals surface area (Å²) in [5, 5.41) is 1.56. The van der Waals surface area contributed by atoms with E-state index in [1.165, 1.54) is 0 Å². The summed E-state index contributed by atoms with van der Waals surface area (Å²) in [6, 6.07) is 0. The lowest BCUT2D eigenvalue weighted by Gasteiger charge is -2.06. The number of aromatic amines is 1. The van der Waals surface area contributed by atoms with Gasteiger partial charge in [0.1, 0.15) is 10.7 Å². The molecular formula is C18H22N4OS2. The van der Waals surface area contributed by atoms with Crippen molar-refractivity contribution in [1.29, 1.82) is 0 Å². The summed E-state index contributed by atoms with van der Waals surface area (Å²) in [4.78, 5) is 30.9. The van der Waals surface area contributed by atoms with E-state index in [-0.39, 0.29) is 5.56 Å². The predicted molar refractivity (Wildman–Crippen MR) is 105 cm³/mol. The van der Waals surface area contributed by atoms with Crippen LogP contribution >= 0.6 is 23.1 Å². The van der Waals surface area contributed by atoms with Gasteiger partial charge in [0.25, 0.3) is 5.56 Å². The largest absolute Gasteiger partial charge is 0.310 e. The minimum Gasteiger partial charge on any atom is -0.310 e. The summed E-state index contributed by atoms with van der Waals surface area (Å²) >= 11 is 3.24. The van der Waals surface area contributed by atoms with Gasteiger partial charge in [-0.1, -0.05) is 11.8 Å². The Morgan fingerprint density at radius 1 is 1.00 bits per heavy atom. The average molecular weight is 375 g/mol. The standard InChI is InChI=1S/C18H22N4OS2/c1-9-11(3)19-18(20-12(9)4)24-8-6-7-14-21-16(23)15-10(2)13(5)25-17(15)22-14/h6-8H2,1-5H3,(H,21,22,23). The monoisotopic (exact) mass is 374 g/mol. The molecule has 132 valence electrons. The molecule has 0 spiro atoms. The number of nitrogens with zero attached hydrogens (tertiary/aromatic N) is 3. The van der Waals surface area contributed by atoms with E-state index in [9.17, 15) is 4.79 Å². The zero-order valence-corrected chi connectivity index (χ0v) is 16.8. The molecule has 3 aromatic heterocycles. The normalized spacial score (nSPS) is 11.4. The van der Waals surface area contributed by atoms with E-state index in [1.807, 2.05) is 34.6 Å². The highest BCUT2D eigenvalue weighted by molar-refractivity contribution is 7.99. The number of nitrogens with one attached hydrogen (secondary N) is 1. The lowest BCUT2D eigenvalue weighted by Crippen LogP contribution is -2.11. The topological polar surface area (TPSA) is 71.5 Å². The molecule has 0 unspecified atom stereocenters. The lowest BCUT2D eigenvalue weighted by molar-refractivity contribution is 0.837. The molecular weight excluding hydrogens is 352 g/mol. The van der Waals surface area contributed by atoms with Gasteiger partial charge in [-0.15, -0.1) is 11.3 Å². The van der Waals surface area contributed by atoms with E-state index in [0.717, 1.165) is 67.2 Å². The molecule has 3 heterocycles. The predicted octanol–water partition coefficient (Wildman–Crippen LogP) is 4.04. The molecule has 1 N–H and O–H groups in total. The molecule has 0 saturated heterocycles. The molecule has 0 bridgehead atoms. The lowest BCUT2D eigenvalue weighted by atomic mass is 10.2. The molecule has 5 nitrogen and oxygen atoms in total. The zero-order valence-electron chi connectivity index (χ0n) is 15.2. The first-order valence-corrected chi connectivity index (χ1v) is 10.1. The number of H-pyrrole nitrogens is 1. The van der Waals surface area contributed by atoms with E-state index < -0.39 is 0 Å². The first-order valence-electron chi connectivity index (χ1n) is 8.30. The Kier molecular flexibility index (Phi) is 5.24. The van der Waals surface area contributed by atoms with E-state index in [0.29, 0.717) is 0 Å². The third-order valence-electron chi connectivity index (χ3n) is 4.49. The maximum Gasteiger partial charge on any atom is 0.259 e. The minimum atomic E-state index is -0.0254. The second-order valence-corrected chi connectivity index (χ2v) is 8.50. The molecule has 0 aliphatic carbocycles. The van der Waals surface area contributed by atoms with E-state index in [1.54, 1.807) is 23.1 Å². The molecule has 3 aromatic rings. The van der Waals surface area contributed by atoms with Gasteiger partial charge in [0, 0.05) is 28.4 Å². The second kappa shape index (κ2) is 7.25. The number of hydrogen-bond acceptors (Lipinski definition) is 6. The van der Waals surface area contributed by atoms with Crippen molar-refractivity contribution in [3.8, 4) is 0 Å². The molecule has 7 heteroatoms. The Morgan fingerprint density at radius 2 is 1.68 bits per heavy atom. The van der Waals surface area contributed by atoms with Crippen LogP contribution in [0.5, 0.6) is 0 Å². The third kappa shape index (κ3) is 3.77. The van der Waals surface area contributed by atoms with Gasteiger partial charge in [0.05, 0.1) is 5.39 Å². The summed E-state index contributed by atoms with van der Waals surface area (Å²) in [5.41, 5.74) is 4.24. The van der Waals surface area contributed by atoms with Crippen LogP contribution in [-0.2, 0) is 6.42 Å². The molecule has 0 aliphatic rings. The van der Waals surface area contributed by atoms with Crippen LogP contribution in [0.25, 0.3) is 10.2 Å². The number of fused-ring (bicyclic) bond motifs is 1. The van der Waals surface area contributed by atoms with Crippen molar-refractivity contribution < 1.29 is 0 Å². The smallest absolute Gasteiger partial charge is 0.259 e. The van der Waals surface area contributed by atoms with Crippen LogP contribution in [0, 0.1) is 34.6 Å². The van der Waals surface area contributed by atoms with Gasteiger partial charge >= 0.3 is 0 Å². The fourth-order valence-corrected chi connectivity index (χ4v) is 4.55.